The summed E-state index contributed by atoms with van der Waals surface area (Å²) in [5, 5.41) is 0.670. The molecule has 1 heterocycles. The molecule has 3 heteroatoms. The fourth-order valence-electron chi connectivity index (χ4n) is 1.75. The van der Waals surface area contributed by atoms with Crippen molar-refractivity contribution < 1.29 is 4.74 Å². The third-order valence-corrected chi connectivity index (χ3v) is 2.69. The van der Waals surface area contributed by atoms with Crippen LogP contribution in [0.1, 0.15) is 25.5 Å². The quantitative estimate of drug-likeness (QED) is 0.840. The number of ether oxygens (including phenoxy) is 1. The van der Waals surface area contributed by atoms with E-state index in [0.717, 1.165) is 11.2 Å². The molecule has 0 fully saturated rings. The molecule has 1 aromatic heterocycles. The highest BCUT2D eigenvalue weighted by Crippen LogP contribution is 2.22. The van der Waals surface area contributed by atoms with Crippen molar-refractivity contribution in [3.05, 3.63) is 40.2 Å². The summed E-state index contributed by atoms with van der Waals surface area (Å²) in [5.74, 6) is 0.999. The van der Waals surface area contributed by atoms with Crippen molar-refractivity contribution in [2.75, 3.05) is 7.11 Å². The Bertz CT molecular complexity index is 570. The van der Waals surface area contributed by atoms with Crippen LogP contribution in [0.5, 0.6) is 5.75 Å². The van der Waals surface area contributed by atoms with Crippen molar-refractivity contribution in [3.63, 3.8) is 0 Å². The monoisotopic (exact) mass is 217 g/mol. The molecule has 0 bridgehead atoms. The molecular formula is C13H15NO2. The lowest BCUT2D eigenvalue weighted by atomic mass is 10.1. The summed E-state index contributed by atoms with van der Waals surface area (Å²) in [7, 11) is 1.61. The minimum Gasteiger partial charge on any atom is -0.495 e. The first-order chi connectivity index (χ1) is 7.63. The molecule has 0 radical (unpaired) electrons. The van der Waals surface area contributed by atoms with Gasteiger partial charge in [0.2, 0.25) is 0 Å². The number of benzene rings is 1. The molecule has 0 saturated heterocycles. The smallest absolute Gasteiger partial charge is 0.189 e. The third-order valence-electron chi connectivity index (χ3n) is 2.69. The van der Waals surface area contributed by atoms with E-state index in [2.05, 4.69) is 4.98 Å². The number of hydrogen-bond donors (Lipinski definition) is 1. The summed E-state index contributed by atoms with van der Waals surface area (Å²) < 4.78 is 5.25. The molecule has 0 aliphatic carbocycles. The Morgan fingerprint density at radius 2 is 2.06 bits per heavy atom. The van der Waals surface area contributed by atoms with E-state index in [-0.39, 0.29) is 5.43 Å². The molecule has 3 nitrogen and oxygen atoms in total. The number of rotatable bonds is 2. The Hall–Kier alpha value is -1.77. The van der Waals surface area contributed by atoms with Gasteiger partial charge in [0.1, 0.15) is 5.75 Å². The van der Waals surface area contributed by atoms with Crippen LogP contribution in [0.25, 0.3) is 10.9 Å². The zero-order valence-corrected chi connectivity index (χ0v) is 9.70. The Labute approximate surface area is 94.1 Å². The van der Waals surface area contributed by atoms with Crippen LogP contribution in [0.15, 0.2) is 29.1 Å². The second-order valence-electron chi connectivity index (χ2n) is 4.13. The molecule has 0 unspecified atom stereocenters. The van der Waals surface area contributed by atoms with Crippen LogP contribution < -0.4 is 10.2 Å². The molecule has 0 saturated carbocycles. The second kappa shape index (κ2) is 4.00. The van der Waals surface area contributed by atoms with Crippen molar-refractivity contribution in [2.24, 2.45) is 0 Å². The number of methoxy groups -OCH3 is 1. The predicted molar refractivity (Wildman–Crippen MR) is 65.2 cm³/mol. The largest absolute Gasteiger partial charge is 0.495 e. The van der Waals surface area contributed by atoms with E-state index >= 15 is 0 Å². The van der Waals surface area contributed by atoms with E-state index in [0.29, 0.717) is 17.1 Å². The Morgan fingerprint density at radius 1 is 1.31 bits per heavy atom. The molecule has 0 spiro atoms. The van der Waals surface area contributed by atoms with Crippen LogP contribution in [0.4, 0.5) is 0 Å². The van der Waals surface area contributed by atoms with Crippen LogP contribution in [-0.2, 0) is 0 Å². The van der Waals surface area contributed by atoms with Gasteiger partial charge in [-0.2, -0.15) is 0 Å². The maximum absolute atomic E-state index is 11.9. The highest BCUT2D eigenvalue weighted by molar-refractivity contribution is 5.84. The minimum absolute atomic E-state index is 0.0383. The van der Waals surface area contributed by atoms with Gasteiger partial charge in [0.05, 0.1) is 12.6 Å². The standard InChI is InChI=1S/C13H15NO2/c1-8(2)10-7-11(15)9-5-4-6-12(16-3)13(9)14-10/h4-8H,1-3H3,(H,14,15). The number of nitrogens with one attached hydrogen (secondary N) is 1. The summed E-state index contributed by atoms with van der Waals surface area (Å²) in [5.41, 5.74) is 1.75. The van der Waals surface area contributed by atoms with E-state index in [9.17, 15) is 4.79 Å². The first-order valence-corrected chi connectivity index (χ1v) is 5.33. The lowest BCUT2D eigenvalue weighted by molar-refractivity contribution is 0.418. The molecular weight excluding hydrogens is 202 g/mol. The Kier molecular flexibility index (Phi) is 2.69. The number of pyridine rings is 1. The van der Waals surface area contributed by atoms with Crippen LogP contribution in [0.2, 0.25) is 0 Å². The second-order valence-corrected chi connectivity index (χ2v) is 4.13. The van der Waals surface area contributed by atoms with E-state index in [1.807, 2.05) is 26.0 Å². The molecule has 0 aliphatic rings. The topological polar surface area (TPSA) is 42.1 Å². The van der Waals surface area contributed by atoms with Crippen molar-refractivity contribution in [1.29, 1.82) is 0 Å². The number of H-pyrrole nitrogens is 1. The van der Waals surface area contributed by atoms with E-state index in [1.54, 1.807) is 19.2 Å². The first kappa shape index (κ1) is 10.7. The van der Waals surface area contributed by atoms with Gasteiger partial charge in [-0.15, -0.1) is 0 Å². The lowest BCUT2D eigenvalue weighted by Gasteiger charge is -2.09. The number of aromatic nitrogens is 1. The number of hydrogen-bond acceptors (Lipinski definition) is 2. The van der Waals surface area contributed by atoms with Gasteiger partial charge in [0, 0.05) is 17.1 Å². The van der Waals surface area contributed by atoms with Crippen molar-refractivity contribution in [2.45, 2.75) is 19.8 Å². The number of aromatic amines is 1. The molecule has 2 aromatic rings. The summed E-state index contributed by atoms with van der Waals surface area (Å²) in [6.07, 6.45) is 0. The average molecular weight is 217 g/mol. The van der Waals surface area contributed by atoms with Crippen molar-refractivity contribution in [3.8, 4) is 5.75 Å². The number of fused-ring (bicyclic) bond motifs is 1. The average Bonchev–Trinajstić information content (AvgIpc) is 2.28. The molecule has 0 amide bonds. The van der Waals surface area contributed by atoms with Crippen LogP contribution in [0, 0.1) is 0 Å². The summed E-state index contributed by atoms with van der Waals surface area (Å²) in [6.45, 7) is 4.10. The summed E-state index contributed by atoms with van der Waals surface area (Å²) >= 11 is 0. The highest BCUT2D eigenvalue weighted by atomic mass is 16.5. The maximum Gasteiger partial charge on any atom is 0.189 e. The van der Waals surface area contributed by atoms with Gasteiger partial charge in [-0.05, 0) is 18.1 Å². The molecule has 16 heavy (non-hydrogen) atoms. The fourth-order valence-corrected chi connectivity index (χ4v) is 1.75. The zero-order chi connectivity index (χ0) is 11.7. The minimum atomic E-state index is 0.0383. The molecule has 1 N–H and O–H groups in total. The van der Waals surface area contributed by atoms with Gasteiger partial charge in [-0.3, -0.25) is 4.79 Å². The van der Waals surface area contributed by atoms with Crippen molar-refractivity contribution >= 4 is 10.9 Å². The highest BCUT2D eigenvalue weighted by Gasteiger charge is 2.08. The third kappa shape index (κ3) is 1.69. The molecule has 2 rings (SSSR count). The van der Waals surface area contributed by atoms with Gasteiger partial charge in [0.25, 0.3) is 0 Å². The van der Waals surface area contributed by atoms with E-state index in [1.165, 1.54) is 0 Å². The van der Waals surface area contributed by atoms with Crippen molar-refractivity contribution in [1.82, 2.24) is 4.98 Å². The normalized spacial score (nSPS) is 11.0. The molecule has 0 atom stereocenters. The molecule has 84 valence electrons. The summed E-state index contributed by atoms with van der Waals surface area (Å²) in [4.78, 5) is 15.2. The van der Waals surface area contributed by atoms with Gasteiger partial charge in [0.15, 0.2) is 5.43 Å². The predicted octanol–water partition coefficient (Wildman–Crippen LogP) is 2.66. The maximum atomic E-state index is 11.9. The van der Waals surface area contributed by atoms with Crippen LogP contribution >= 0.6 is 0 Å². The SMILES string of the molecule is COc1cccc2c(=O)cc(C(C)C)[nH]c12. The zero-order valence-electron chi connectivity index (χ0n) is 9.70. The number of para-hydroxylation sites is 1. The van der Waals surface area contributed by atoms with Gasteiger partial charge >= 0.3 is 0 Å². The lowest BCUT2D eigenvalue weighted by Crippen LogP contribution is -2.06. The Morgan fingerprint density at radius 3 is 2.69 bits per heavy atom. The first-order valence-electron chi connectivity index (χ1n) is 5.33. The summed E-state index contributed by atoms with van der Waals surface area (Å²) in [6, 6.07) is 7.14. The van der Waals surface area contributed by atoms with Gasteiger partial charge < -0.3 is 9.72 Å². The Balaban J connectivity index is 2.83. The molecule has 1 aromatic carbocycles. The van der Waals surface area contributed by atoms with E-state index < -0.39 is 0 Å². The van der Waals surface area contributed by atoms with Gasteiger partial charge in [-0.25, -0.2) is 0 Å². The van der Waals surface area contributed by atoms with Crippen LogP contribution in [0.3, 0.4) is 0 Å². The molecule has 0 aliphatic heterocycles. The van der Waals surface area contributed by atoms with Crippen LogP contribution in [-0.4, -0.2) is 12.1 Å². The van der Waals surface area contributed by atoms with E-state index in [4.69, 9.17) is 4.74 Å². The fraction of sp³-hybridized carbons (Fsp3) is 0.308. The van der Waals surface area contributed by atoms with Gasteiger partial charge in [-0.1, -0.05) is 19.9 Å².